The molecule has 8 nitrogen and oxygen atoms in total. The Balaban J connectivity index is 1.97. The van der Waals surface area contributed by atoms with Crippen molar-refractivity contribution in [3.63, 3.8) is 0 Å². The fraction of sp³-hybridized carbons (Fsp3) is 0.158. The minimum Gasteiger partial charge on any atom is -0.494 e. The van der Waals surface area contributed by atoms with Gasteiger partial charge >= 0.3 is 0 Å². The van der Waals surface area contributed by atoms with Crippen molar-refractivity contribution < 1.29 is 18.8 Å². The van der Waals surface area contributed by atoms with Crippen LogP contribution in [0, 0.1) is 5.82 Å². The van der Waals surface area contributed by atoms with Crippen molar-refractivity contribution in [2.45, 2.75) is 6.92 Å². The van der Waals surface area contributed by atoms with Gasteiger partial charge in [-0.1, -0.05) is 6.07 Å². The van der Waals surface area contributed by atoms with Crippen LogP contribution in [0.2, 0.25) is 0 Å². The molecule has 2 heterocycles. The van der Waals surface area contributed by atoms with E-state index < -0.39 is 11.7 Å². The zero-order valence-electron chi connectivity index (χ0n) is 15.3. The number of amides is 1. The van der Waals surface area contributed by atoms with Gasteiger partial charge in [0, 0.05) is 12.4 Å². The first-order valence-electron chi connectivity index (χ1n) is 8.42. The average Bonchev–Trinajstić information content (AvgIpc) is 2.73. The number of anilines is 2. The number of nitrogens with zero attached hydrogens (tertiary/aromatic N) is 3. The van der Waals surface area contributed by atoms with Crippen molar-refractivity contribution >= 4 is 17.3 Å². The SMILES string of the molecule is CCONC(=O)c1cnccc1Nc1cccc(-c2ncc(F)cn2)c1OC. The van der Waals surface area contributed by atoms with Gasteiger partial charge < -0.3 is 10.1 Å². The van der Waals surface area contributed by atoms with Gasteiger partial charge in [0.05, 0.1) is 48.6 Å². The molecule has 9 heteroatoms. The van der Waals surface area contributed by atoms with Crippen LogP contribution in [0.4, 0.5) is 15.8 Å². The summed E-state index contributed by atoms with van der Waals surface area (Å²) in [5, 5.41) is 3.16. The molecule has 0 bridgehead atoms. The Morgan fingerprint density at radius 3 is 2.64 bits per heavy atom. The molecule has 2 N–H and O–H groups in total. The molecule has 0 saturated carbocycles. The molecular formula is C19H18FN5O3. The number of methoxy groups -OCH3 is 1. The third-order valence-electron chi connectivity index (χ3n) is 3.72. The Hall–Kier alpha value is -3.59. The van der Waals surface area contributed by atoms with Crippen LogP contribution in [0.15, 0.2) is 49.1 Å². The molecular weight excluding hydrogens is 365 g/mol. The van der Waals surface area contributed by atoms with Crippen LogP contribution in [-0.2, 0) is 4.84 Å². The minimum absolute atomic E-state index is 0.293. The molecule has 2 aromatic heterocycles. The second-order valence-corrected chi connectivity index (χ2v) is 5.52. The molecule has 3 rings (SSSR count). The fourth-order valence-electron chi connectivity index (χ4n) is 2.50. The normalized spacial score (nSPS) is 10.4. The molecule has 0 aliphatic rings. The van der Waals surface area contributed by atoms with E-state index in [-0.39, 0.29) is 0 Å². The molecule has 144 valence electrons. The molecule has 0 unspecified atom stereocenters. The van der Waals surface area contributed by atoms with Gasteiger partial charge in [0.1, 0.15) is 0 Å². The van der Waals surface area contributed by atoms with Gasteiger partial charge in [0.15, 0.2) is 17.4 Å². The van der Waals surface area contributed by atoms with Crippen molar-refractivity contribution in [1.29, 1.82) is 0 Å². The van der Waals surface area contributed by atoms with Crippen molar-refractivity contribution in [2.24, 2.45) is 0 Å². The van der Waals surface area contributed by atoms with Gasteiger partial charge in [-0.05, 0) is 25.1 Å². The highest BCUT2D eigenvalue weighted by molar-refractivity contribution is 5.99. The highest BCUT2D eigenvalue weighted by Gasteiger charge is 2.16. The number of aromatic nitrogens is 3. The summed E-state index contributed by atoms with van der Waals surface area (Å²) in [5.41, 5.74) is 4.28. The molecule has 0 aliphatic carbocycles. The van der Waals surface area contributed by atoms with Crippen LogP contribution in [0.1, 0.15) is 17.3 Å². The lowest BCUT2D eigenvalue weighted by molar-refractivity contribution is 0.0365. The number of para-hydroxylation sites is 1. The molecule has 0 saturated heterocycles. The number of pyridine rings is 1. The lowest BCUT2D eigenvalue weighted by Gasteiger charge is -2.16. The molecule has 28 heavy (non-hydrogen) atoms. The third-order valence-corrected chi connectivity index (χ3v) is 3.72. The van der Waals surface area contributed by atoms with Gasteiger partial charge in [-0.3, -0.25) is 14.6 Å². The summed E-state index contributed by atoms with van der Waals surface area (Å²) >= 11 is 0. The Bertz CT molecular complexity index is 966. The number of hydroxylamine groups is 1. The number of benzene rings is 1. The number of hydrogen-bond acceptors (Lipinski definition) is 7. The predicted molar refractivity (Wildman–Crippen MR) is 101 cm³/mol. The second-order valence-electron chi connectivity index (χ2n) is 5.52. The van der Waals surface area contributed by atoms with E-state index in [1.165, 1.54) is 13.3 Å². The topological polar surface area (TPSA) is 98.3 Å². The minimum atomic E-state index is -0.529. The Morgan fingerprint density at radius 2 is 1.93 bits per heavy atom. The standard InChI is InChI=1S/C19H18FN5O3/c1-3-28-25-19(26)14-11-21-8-7-15(14)24-16-6-4-5-13(17(16)27-2)18-22-9-12(20)10-23-18/h4-11H,3H2,1-2H3,(H,21,24)(H,25,26). The van der Waals surface area contributed by atoms with E-state index in [0.717, 1.165) is 12.4 Å². The van der Waals surface area contributed by atoms with Crippen LogP contribution in [0.25, 0.3) is 11.4 Å². The van der Waals surface area contributed by atoms with E-state index in [4.69, 9.17) is 9.57 Å². The van der Waals surface area contributed by atoms with Crippen LogP contribution in [-0.4, -0.2) is 34.6 Å². The smallest absolute Gasteiger partial charge is 0.278 e. The number of nitrogens with one attached hydrogen (secondary N) is 2. The Kier molecular flexibility index (Phi) is 6.07. The van der Waals surface area contributed by atoms with E-state index >= 15 is 0 Å². The van der Waals surface area contributed by atoms with Crippen molar-refractivity contribution in [3.05, 3.63) is 60.4 Å². The van der Waals surface area contributed by atoms with Gasteiger partial charge in [0.25, 0.3) is 5.91 Å². The van der Waals surface area contributed by atoms with Crippen LogP contribution in [0.3, 0.4) is 0 Å². The van der Waals surface area contributed by atoms with Gasteiger partial charge in [-0.2, -0.15) is 0 Å². The number of hydrogen-bond donors (Lipinski definition) is 2. The number of rotatable bonds is 7. The predicted octanol–water partition coefficient (Wildman–Crippen LogP) is 3.11. The van der Waals surface area contributed by atoms with Crippen molar-refractivity contribution in [3.8, 4) is 17.1 Å². The summed E-state index contributed by atoms with van der Waals surface area (Å²) in [7, 11) is 1.50. The van der Waals surface area contributed by atoms with Gasteiger partial charge in [-0.15, -0.1) is 0 Å². The Labute approximate surface area is 160 Å². The van der Waals surface area contributed by atoms with E-state index in [1.807, 2.05) is 0 Å². The first kappa shape index (κ1) is 19.2. The highest BCUT2D eigenvalue weighted by Crippen LogP contribution is 2.36. The lowest BCUT2D eigenvalue weighted by atomic mass is 10.1. The maximum Gasteiger partial charge on any atom is 0.278 e. The molecule has 1 aromatic carbocycles. The summed E-state index contributed by atoms with van der Waals surface area (Å²) in [4.78, 5) is 29.2. The number of carbonyl (C=O) groups excluding carboxylic acids is 1. The van der Waals surface area contributed by atoms with Crippen LogP contribution in [0.5, 0.6) is 5.75 Å². The first-order chi connectivity index (χ1) is 13.6. The number of ether oxygens (including phenoxy) is 1. The van der Waals surface area contributed by atoms with Gasteiger partial charge in [0.2, 0.25) is 0 Å². The van der Waals surface area contributed by atoms with E-state index in [0.29, 0.717) is 40.7 Å². The summed E-state index contributed by atoms with van der Waals surface area (Å²) in [6.45, 7) is 2.10. The third kappa shape index (κ3) is 4.21. The largest absolute Gasteiger partial charge is 0.494 e. The van der Waals surface area contributed by atoms with Crippen LogP contribution < -0.4 is 15.5 Å². The van der Waals surface area contributed by atoms with E-state index in [1.54, 1.807) is 37.4 Å². The second kappa shape index (κ2) is 8.87. The average molecular weight is 383 g/mol. The summed E-state index contributed by atoms with van der Waals surface area (Å²) in [5.74, 6) is -0.207. The first-order valence-corrected chi connectivity index (χ1v) is 8.42. The number of carbonyl (C=O) groups is 1. The molecule has 0 radical (unpaired) electrons. The van der Waals surface area contributed by atoms with Gasteiger partial charge in [-0.25, -0.2) is 19.8 Å². The Morgan fingerprint density at radius 1 is 1.14 bits per heavy atom. The molecule has 1 amide bonds. The zero-order valence-corrected chi connectivity index (χ0v) is 15.3. The molecule has 0 atom stereocenters. The fourth-order valence-corrected chi connectivity index (χ4v) is 2.50. The lowest BCUT2D eigenvalue weighted by Crippen LogP contribution is -2.24. The molecule has 0 spiro atoms. The number of halogens is 1. The molecule has 0 aliphatic heterocycles. The van der Waals surface area contributed by atoms with E-state index in [2.05, 4.69) is 25.7 Å². The van der Waals surface area contributed by atoms with E-state index in [9.17, 15) is 9.18 Å². The highest BCUT2D eigenvalue weighted by atomic mass is 19.1. The summed E-state index contributed by atoms with van der Waals surface area (Å²) in [6.07, 6.45) is 5.15. The maximum absolute atomic E-state index is 13.1. The molecule has 3 aromatic rings. The maximum atomic E-state index is 13.1. The molecule has 0 fully saturated rings. The monoisotopic (exact) mass is 383 g/mol. The zero-order chi connectivity index (χ0) is 19.9. The van der Waals surface area contributed by atoms with Crippen molar-refractivity contribution in [1.82, 2.24) is 20.4 Å². The quantitative estimate of drug-likeness (QED) is 0.605. The summed E-state index contributed by atoms with van der Waals surface area (Å²) in [6, 6.07) is 6.96. The summed E-state index contributed by atoms with van der Waals surface area (Å²) < 4.78 is 18.7. The van der Waals surface area contributed by atoms with Crippen LogP contribution >= 0.6 is 0 Å². The van der Waals surface area contributed by atoms with Crippen molar-refractivity contribution in [2.75, 3.05) is 19.0 Å².